The van der Waals surface area contributed by atoms with Crippen molar-refractivity contribution < 1.29 is 23.9 Å². The Morgan fingerprint density at radius 3 is 2.19 bits per heavy atom. The Bertz CT molecular complexity index is 613. The van der Waals surface area contributed by atoms with E-state index in [1.165, 1.54) is 13.2 Å². The SMILES string of the molecule is COc1ccc(/C=C/C(=O)C2C(=O)NC(=O)NC2=O)cc1. The van der Waals surface area contributed by atoms with Gasteiger partial charge in [0.25, 0.3) is 0 Å². The molecule has 0 atom stereocenters. The Balaban J connectivity index is 2.09. The van der Waals surface area contributed by atoms with Gasteiger partial charge < -0.3 is 4.74 Å². The monoisotopic (exact) mass is 288 g/mol. The van der Waals surface area contributed by atoms with Gasteiger partial charge in [0, 0.05) is 0 Å². The molecule has 1 aromatic carbocycles. The van der Waals surface area contributed by atoms with Gasteiger partial charge in [0.15, 0.2) is 11.7 Å². The summed E-state index contributed by atoms with van der Waals surface area (Å²) in [5.41, 5.74) is 0.705. The van der Waals surface area contributed by atoms with Gasteiger partial charge in [-0.2, -0.15) is 0 Å². The zero-order valence-electron chi connectivity index (χ0n) is 11.1. The fourth-order valence-corrected chi connectivity index (χ4v) is 1.77. The van der Waals surface area contributed by atoms with E-state index in [0.29, 0.717) is 11.3 Å². The number of carbonyl (C=O) groups is 4. The molecule has 1 fully saturated rings. The first kappa shape index (κ1) is 14.4. The molecule has 0 aliphatic carbocycles. The quantitative estimate of drug-likeness (QED) is 0.611. The Morgan fingerprint density at radius 1 is 1.10 bits per heavy atom. The summed E-state index contributed by atoms with van der Waals surface area (Å²) in [6.07, 6.45) is 2.60. The number of nitrogens with one attached hydrogen (secondary N) is 2. The third kappa shape index (κ3) is 3.33. The summed E-state index contributed by atoms with van der Waals surface area (Å²) in [5.74, 6) is -3.42. The average molecular weight is 288 g/mol. The molecule has 7 heteroatoms. The van der Waals surface area contributed by atoms with Gasteiger partial charge >= 0.3 is 6.03 Å². The molecule has 1 heterocycles. The number of amides is 4. The van der Waals surface area contributed by atoms with Crippen LogP contribution in [0.1, 0.15) is 5.56 Å². The average Bonchev–Trinajstić information content (AvgIpc) is 2.44. The van der Waals surface area contributed by atoms with Crippen molar-refractivity contribution in [3.05, 3.63) is 35.9 Å². The summed E-state index contributed by atoms with van der Waals surface area (Å²) in [5, 5.41) is 3.75. The lowest BCUT2D eigenvalue weighted by Gasteiger charge is -2.18. The van der Waals surface area contributed by atoms with E-state index in [1.54, 1.807) is 24.3 Å². The number of hydrogen-bond donors (Lipinski definition) is 2. The van der Waals surface area contributed by atoms with Crippen molar-refractivity contribution in [2.45, 2.75) is 0 Å². The van der Waals surface area contributed by atoms with Crippen molar-refractivity contribution in [3.8, 4) is 5.75 Å². The Kier molecular flexibility index (Phi) is 4.13. The number of ketones is 1. The van der Waals surface area contributed by atoms with E-state index in [1.807, 2.05) is 10.6 Å². The smallest absolute Gasteiger partial charge is 0.328 e. The van der Waals surface area contributed by atoms with Crippen LogP contribution in [0, 0.1) is 5.92 Å². The zero-order valence-corrected chi connectivity index (χ0v) is 11.1. The molecule has 1 saturated heterocycles. The minimum atomic E-state index is -1.54. The minimum Gasteiger partial charge on any atom is -0.497 e. The molecule has 0 spiro atoms. The van der Waals surface area contributed by atoms with Crippen LogP contribution in [-0.4, -0.2) is 30.7 Å². The number of ether oxygens (including phenoxy) is 1. The lowest BCUT2D eigenvalue weighted by molar-refractivity contribution is -0.140. The van der Waals surface area contributed by atoms with Crippen molar-refractivity contribution in [2.75, 3.05) is 7.11 Å². The lowest BCUT2D eigenvalue weighted by atomic mass is 9.99. The van der Waals surface area contributed by atoms with Gasteiger partial charge in [0.05, 0.1) is 7.11 Å². The van der Waals surface area contributed by atoms with E-state index in [-0.39, 0.29) is 0 Å². The van der Waals surface area contributed by atoms with Crippen LogP contribution in [0.3, 0.4) is 0 Å². The molecule has 0 saturated carbocycles. The van der Waals surface area contributed by atoms with Crippen LogP contribution in [0.5, 0.6) is 5.75 Å². The summed E-state index contributed by atoms with van der Waals surface area (Å²) in [7, 11) is 1.54. The standard InChI is InChI=1S/C14H12N2O5/c1-21-9-5-2-8(3-6-9)4-7-10(17)11-12(18)15-14(20)16-13(11)19/h2-7,11H,1H3,(H2,15,16,18,19,20)/b7-4+. The van der Waals surface area contributed by atoms with Crippen molar-refractivity contribution in [1.29, 1.82) is 0 Å². The second kappa shape index (κ2) is 6.00. The highest BCUT2D eigenvalue weighted by Crippen LogP contribution is 2.13. The molecule has 108 valence electrons. The van der Waals surface area contributed by atoms with Crippen LogP contribution in [-0.2, 0) is 14.4 Å². The third-order valence-corrected chi connectivity index (χ3v) is 2.84. The number of benzene rings is 1. The molecule has 1 aromatic rings. The number of methoxy groups -OCH3 is 1. The summed E-state index contributed by atoms with van der Waals surface area (Å²) < 4.78 is 5.00. The third-order valence-electron chi connectivity index (χ3n) is 2.84. The van der Waals surface area contributed by atoms with Gasteiger partial charge in [-0.25, -0.2) is 4.79 Å². The van der Waals surface area contributed by atoms with Crippen LogP contribution in [0.25, 0.3) is 6.08 Å². The number of carbonyl (C=O) groups excluding carboxylic acids is 4. The summed E-state index contributed by atoms with van der Waals surface area (Å²) in [4.78, 5) is 45.7. The Labute approximate surface area is 120 Å². The van der Waals surface area contributed by atoms with E-state index < -0.39 is 29.5 Å². The number of rotatable bonds is 4. The van der Waals surface area contributed by atoms with E-state index in [4.69, 9.17) is 4.74 Å². The normalized spacial score (nSPS) is 15.8. The molecule has 0 aromatic heterocycles. The van der Waals surface area contributed by atoms with Crippen molar-refractivity contribution in [3.63, 3.8) is 0 Å². The molecular weight excluding hydrogens is 276 g/mol. The molecule has 4 amide bonds. The predicted molar refractivity (Wildman–Crippen MR) is 72.2 cm³/mol. The largest absolute Gasteiger partial charge is 0.497 e. The van der Waals surface area contributed by atoms with Crippen LogP contribution < -0.4 is 15.4 Å². The van der Waals surface area contributed by atoms with Crippen LogP contribution >= 0.6 is 0 Å². The Hall–Kier alpha value is -2.96. The van der Waals surface area contributed by atoms with Gasteiger partial charge in [-0.1, -0.05) is 18.2 Å². The van der Waals surface area contributed by atoms with E-state index in [2.05, 4.69) is 0 Å². The lowest BCUT2D eigenvalue weighted by Crippen LogP contribution is -2.57. The van der Waals surface area contributed by atoms with E-state index in [0.717, 1.165) is 6.08 Å². The molecule has 1 aliphatic heterocycles. The van der Waals surface area contributed by atoms with E-state index in [9.17, 15) is 19.2 Å². The van der Waals surface area contributed by atoms with Crippen LogP contribution in [0.15, 0.2) is 30.3 Å². The minimum absolute atomic E-state index is 0.669. The summed E-state index contributed by atoms with van der Waals surface area (Å²) in [6, 6.07) is 5.93. The molecule has 2 N–H and O–H groups in total. The first-order valence-corrected chi connectivity index (χ1v) is 6.03. The number of barbiturate groups is 1. The summed E-state index contributed by atoms with van der Waals surface area (Å²) >= 11 is 0. The molecule has 7 nitrogen and oxygen atoms in total. The Morgan fingerprint density at radius 2 is 1.67 bits per heavy atom. The van der Waals surface area contributed by atoms with Crippen LogP contribution in [0.2, 0.25) is 0 Å². The van der Waals surface area contributed by atoms with Gasteiger partial charge in [-0.3, -0.25) is 25.0 Å². The van der Waals surface area contributed by atoms with Crippen molar-refractivity contribution in [2.24, 2.45) is 5.92 Å². The number of imide groups is 2. The number of hydrogen-bond acceptors (Lipinski definition) is 5. The maximum absolute atomic E-state index is 11.9. The molecule has 0 unspecified atom stereocenters. The summed E-state index contributed by atoms with van der Waals surface area (Å²) in [6.45, 7) is 0. The number of allylic oxidation sites excluding steroid dienone is 1. The predicted octanol–water partition coefficient (Wildman–Crippen LogP) is 0.260. The molecule has 0 radical (unpaired) electrons. The highest BCUT2D eigenvalue weighted by atomic mass is 16.5. The highest BCUT2D eigenvalue weighted by Gasteiger charge is 2.38. The second-order valence-corrected chi connectivity index (χ2v) is 4.25. The zero-order chi connectivity index (χ0) is 15.4. The molecule has 2 rings (SSSR count). The topological polar surface area (TPSA) is 102 Å². The maximum atomic E-state index is 11.9. The molecule has 0 bridgehead atoms. The van der Waals surface area contributed by atoms with Gasteiger partial charge in [0.2, 0.25) is 11.8 Å². The maximum Gasteiger partial charge on any atom is 0.328 e. The number of urea groups is 1. The van der Waals surface area contributed by atoms with Crippen molar-refractivity contribution >= 4 is 29.7 Å². The fraction of sp³-hybridized carbons (Fsp3) is 0.143. The first-order valence-electron chi connectivity index (χ1n) is 6.03. The van der Waals surface area contributed by atoms with Crippen LogP contribution in [0.4, 0.5) is 4.79 Å². The van der Waals surface area contributed by atoms with Gasteiger partial charge in [0.1, 0.15) is 5.75 Å². The molecule has 21 heavy (non-hydrogen) atoms. The van der Waals surface area contributed by atoms with Gasteiger partial charge in [-0.05, 0) is 23.8 Å². The molecular formula is C14H12N2O5. The highest BCUT2D eigenvalue weighted by molar-refractivity contribution is 6.28. The second-order valence-electron chi connectivity index (χ2n) is 4.25. The molecule has 1 aliphatic rings. The van der Waals surface area contributed by atoms with E-state index >= 15 is 0 Å². The van der Waals surface area contributed by atoms with Crippen molar-refractivity contribution in [1.82, 2.24) is 10.6 Å². The first-order chi connectivity index (χ1) is 10.0. The fourth-order valence-electron chi connectivity index (χ4n) is 1.77. The van der Waals surface area contributed by atoms with Gasteiger partial charge in [-0.15, -0.1) is 0 Å².